The summed E-state index contributed by atoms with van der Waals surface area (Å²) in [6.45, 7) is 7.49. The van der Waals surface area contributed by atoms with Gasteiger partial charge in [0.2, 0.25) is 5.91 Å². The molecule has 0 radical (unpaired) electrons. The SMILES string of the molecule is CNC(=O)CCN(CC(C)(C)C)C1(Cc2cccc(Cl)c2)C(=O)N(C)c2cc(Cl)ccc21. The number of likely N-dealkylation sites (N-methyl/N-ethyl adjacent to an activating group) is 1. The molecule has 2 aromatic rings. The van der Waals surface area contributed by atoms with Gasteiger partial charge in [-0.1, -0.05) is 62.2 Å². The van der Waals surface area contributed by atoms with Crippen LogP contribution in [-0.2, 0) is 21.5 Å². The molecule has 0 fully saturated rings. The van der Waals surface area contributed by atoms with Gasteiger partial charge in [0.1, 0.15) is 5.54 Å². The van der Waals surface area contributed by atoms with Crippen LogP contribution in [0.3, 0.4) is 0 Å². The number of carbonyl (C=O) groups excluding carboxylic acids is 2. The number of halogens is 2. The number of rotatable bonds is 7. The zero-order chi connectivity index (χ0) is 23.7. The molecule has 0 bridgehead atoms. The summed E-state index contributed by atoms with van der Waals surface area (Å²) in [6.07, 6.45) is 0.735. The zero-order valence-corrected chi connectivity index (χ0v) is 20.8. The van der Waals surface area contributed by atoms with E-state index in [-0.39, 0.29) is 17.2 Å². The molecule has 0 aromatic heterocycles. The number of hydrogen-bond donors (Lipinski definition) is 1. The first-order valence-electron chi connectivity index (χ1n) is 10.8. The van der Waals surface area contributed by atoms with E-state index in [1.54, 1.807) is 19.0 Å². The predicted molar refractivity (Wildman–Crippen MR) is 131 cm³/mol. The van der Waals surface area contributed by atoms with Crippen molar-refractivity contribution in [2.24, 2.45) is 5.41 Å². The Kier molecular flexibility index (Phi) is 7.23. The van der Waals surface area contributed by atoms with Crippen molar-refractivity contribution in [1.29, 1.82) is 0 Å². The number of nitrogens with one attached hydrogen (secondary N) is 1. The topological polar surface area (TPSA) is 52.7 Å². The van der Waals surface area contributed by atoms with E-state index in [0.717, 1.165) is 16.8 Å². The van der Waals surface area contributed by atoms with Gasteiger partial charge in [-0.3, -0.25) is 14.5 Å². The number of nitrogens with zero attached hydrogens (tertiary/aromatic N) is 2. The lowest BCUT2D eigenvalue weighted by Gasteiger charge is -2.43. The molecule has 2 aromatic carbocycles. The molecular weight excluding hydrogens is 445 g/mol. The Morgan fingerprint density at radius 3 is 2.44 bits per heavy atom. The summed E-state index contributed by atoms with van der Waals surface area (Å²) in [5.74, 6) is -0.0900. The first kappa shape index (κ1) is 24.6. The molecule has 0 saturated carbocycles. The fourth-order valence-electron chi connectivity index (χ4n) is 4.50. The van der Waals surface area contributed by atoms with Gasteiger partial charge < -0.3 is 10.2 Å². The van der Waals surface area contributed by atoms with Crippen molar-refractivity contribution in [3.63, 3.8) is 0 Å². The molecule has 5 nitrogen and oxygen atoms in total. The molecule has 1 aliphatic heterocycles. The molecule has 32 heavy (non-hydrogen) atoms. The first-order chi connectivity index (χ1) is 15.0. The largest absolute Gasteiger partial charge is 0.359 e. The Morgan fingerprint density at radius 2 is 1.81 bits per heavy atom. The Hall–Kier alpha value is -2.08. The van der Waals surface area contributed by atoms with Gasteiger partial charge in [-0.25, -0.2) is 0 Å². The molecule has 3 rings (SSSR count). The first-order valence-corrected chi connectivity index (χ1v) is 11.5. The Bertz CT molecular complexity index is 1020. The molecule has 172 valence electrons. The van der Waals surface area contributed by atoms with E-state index in [9.17, 15) is 9.59 Å². The summed E-state index contributed by atoms with van der Waals surface area (Å²) < 4.78 is 0. The lowest BCUT2D eigenvalue weighted by Crippen LogP contribution is -2.56. The molecule has 2 amide bonds. The smallest absolute Gasteiger partial charge is 0.252 e. The second-order valence-corrected chi connectivity index (χ2v) is 10.5. The van der Waals surface area contributed by atoms with Crippen molar-refractivity contribution >= 4 is 40.7 Å². The quantitative estimate of drug-likeness (QED) is 0.619. The fourth-order valence-corrected chi connectivity index (χ4v) is 4.88. The van der Waals surface area contributed by atoms with Crippen LogP contribution in [0.4, 0.5) is 5.69 Å². The van der Waals surface area contributed by atoms with Gasteiger partial charge in [0.25, 0.3) is 5.91 Å². The molecule has 0 aliphatic carbocycles. The van der Waals surface area contributed by atoms with Crippen molar-refractivity contribution < 1.29 is 9.59 Å². The van der Waals surface area contributed by atoms with Crippen LogP contribution >= 0.6 is 23.2 Å². The maximum absolute atomic E-state index is 14.0. The van der Waals surface area contributed by atoms with Crippen molar-refractivity contribution in [3.8, 4) is 0 Å². The van der Waals surface area contributed by atoms with Crippen LogP contribution in [0, 0.1) is 5.41 Å². The minimum atomic E-state index is -0.972. The molecule has 1 N–H and O–H groups in total. The molecule has 1 atom stereocenters. The Morgan fingerprint density at radius 1 is 1.12 bits per heavy atom. The van der Waals surface area contributed by atoms with E-state index in [1.165, 1.54) is 0 Å². The van der Waals surface area contributed by atoms with Crippen LogP contribution in [0.15, 0.2) is 42.5 Å². The maximum Gasteiger partial charge on any atom is 0.252 e. The predicted octanol–water partition coefficient (Wildman–Crippen LogP) is 4.89. The maximum atomic E-state index is 14.0. The fraction of sp³-hybridized carbons (Fsp3) is 0.440. The third kappa shape index (κ3) is 4.95. The van der Waals surface area contributed by atoms with Crippen molar-refractivity contribution in [2.45, 2.75) is 39.2 Å². The van der Waals surface area contributed by atoms with E-state index in [0.29, 0.717) is 36.0 Å². The van der Waals surface area contributed by atoms with Gasteiger partial charge in [0.05, 0.1) is 5.69 Å². The van der Waals surface area contributed by atoms with Gasteiger partial charge in [-0.05, 0) is 35.2 Å². The Balaban J connectivity index is 2.21. The minimum Gasteiger partial charge on any atom is -0.359 e. The molecule has 1 heterocycles. The average Bonchev–Trinajstić information content (AvgIpc) is 2.92. The number of fused-ring (bicyclic) bond motifs is 1. The highest BCUT2D eigenvalue weighted by atomic mass is 35.5. The summed E-state index contributed by atoms with van der Waals surface area (Å²) >= 11 is 12.6. The molecule has 0 saturated heterocycles. The highest BCUT2D eigenvalue weighted by Gasteiger charge is 2.54. The highest BCUT2D eigenvalue weighted by molar-refractivity contribution is 6.31. The van der Waals surface area contributed by atoms with Crippen LogP contribution in [-0.4, -0.2) is 43.9 Å². The van der Waals surface area contributed by atoms with Crippen LogP contribution in [0.1, 0.15) is 38.3 Å². The second-order valence-electron chi connectivity index (χ2n) is 9.60. The van der Waals surface area contributed by atoms with Crippen LogP contribution in [0.25, 0.3) is 0 Å². The summed E-state index contributed by atoms with van der Waals surface area (Å²) in [5.41, 5.74) is 1.58. The van der Waals surface area contributed by atoms with E-state index in [2.05, 4.69) is 31.0 Å². The van der Waals surface area contributed by atoms with Gasteiger partial charge in [0.15, 0.2) is 0 Å². The molecule has 7 heteroatoms. The third-order valence-corrected chi connectivity index (χ3v) is 6.34. The van der Waals surface area contributed by atoms with E-state index in [1.807, 2.05) is 42.5 Å². The van der Waals surface area contributed by atoms with E-state index in [4.69, 9.17) is 23.2 Å². The van der Waals surface area contributed by atoms with Gasteiger partial charge in [-0.2, -0.15) is 0 Å². The molecule has 0 spiro atoms. The number of anilines is 1. The molecule has 1 aliphatic rings. The number of hydrogen-bond acceptors (Lipinski definition) is 3. The van der Waals surface area contributed by atoms with E-state index >= 15 is 0 Å². The van der Waals surface area contributed by atoms with Crippen LogP contribution in [0.2, 0.25) is 10.0 Å². The van der Waals surface area contributed by atoms with Gasteiger partial charge in [-0.15, -0.1) is 0 Å². The summed E-state index contributed by atoms with van der Waals surface area (Å²) in [7, 11) is 3.41. The van der Waals surface area contributed by atoms with Crippen LogP contribution in [0.5, 0.6) is 0 Å². The molecule has 1 unspecified atom stereocenters. The second kappa shape index (κ2) is 9.42. The molecular formula is C25H31Cl2N3O2. The van der Waals surface area contributed by atoms with E-state index < -0.39 is 5.54 Å². The van der Waals surface area contributed by atoms with Crippen molar-refractivity contribution in [2.75, 3.05) is 32.1 Å². The highest BCUT2D eigenvalue weighted by Crippen LogP contribution is 2.47. The third-order valence-electron chi connectivity index (χ3n) is 5.87. The van der Waals surface area contributed by atoms with Crippen molar-refractivity contribution in [3.05, 3.63) is 63.6 Å². The Labute approximate surface area is 200 Å². The minimum absolute atomic E-state index is 0.0316. The number of benzene rings is 2. The summed E-state index contributed by atoms with van der Waals surface area (Å²) in [5, 5.41) is 3.90. The van der Waals surface area contributed by atoms with Gasteiger partial charge in [0, 0.05) is 55.6 Å². The lowest BCUT2D eigenvalue weighted by atomic mass is 9.81. The summed E-state index contributed by atoms with van der Waals surface area (Å²) in [6, 6.07) is 13.2. The average molecular weight is 476 g/mol. The summed E-state index contributed by atoms with van der Waals surface area (Å²) in [4.78, 5) is 30.1. The zero-order valence-electron chi connectivity index (χ0n) is 19.3. The lowest BCUT2D eigenvalue weighted by molar-refractivity contribution is -0.132. The number of carbonyl (C=O) groups is 2. The monoisotopic (exact) mass is 475 g/mol. The standard InChI is InChI=1S/C25H31Cl2N3O2/c1-24(2,3)16-30(12-11-22(31)28-4)25(15-17-7-6-8-18(26)13-17)20-10-9-19(27)14-21(20)29(5)23(25)32/h6-10,13-14H,11-12,15-16H2,1-5H3,(H,28,31). The normalized spacial score (nSPS) is 18.2. The van der Waals surface area contributed by atoms with Gasteiger partial charge >= 0.3 is 0 Å². The van der Waals surface area contributed by atoms with Crippen LogP contribution < -0.4 is 10.2 Å². The number of amides is 2. The van der Waals surface area contributed by atoms with Crippen molar-refractivity contribution in [1.82, 2.24) is 10.2 Å².